The van der Waals surface area contributed by atoms with Crippen LogP contribution >= 0.6 is 0 Å². The number of ether oxygens (including phenoxy) is 2. The van der Waals surface area contributed by atoms with Gasteiger partial charge in [-0.25, -0.2) is 18.4 Å². The maximum absolute atomic E-state index is 14.7. The fourth-order valence-electron chi connectivity index (χ4n) is 5.91. The van der Waals surface area contributed by atoms with E-state index in [1.807, 2.05) is 12.1 Å². The molecule has 1 saturated heterocycles. The summed E-state index contributed by atoms with van der Waals surface area (Å²) in [6.45, 7) is 2.41. The third-order valence-electron chi connectivity index (χ3n) is 8.28. The van der Waals surface area contributed by atoms with Gasteiger partial charge >= 0.3 is 11.7 Å². The molecule has 44 heavy (non-hydrogen) atoms. The molecule has 3 heterocycles. The summed E-state index contributed by atoms with van der Waals surface area (Å²) in [5.74, 6) is -2.03. The summed E-state index contributed by atoms with van der Waals surface area (Å²) in [4.78, 5) is 56.6. The predicted molar refractivity (Wildman–Crippen MR) is 159 cm³/mol. The Morgan fingerprint density at radius 2 is 1.80 bits per heavy atom. The Bertz CT molecular complexity index is 1680. The lowest BCUT2D eigenvalue weighted by Gasteiger charge is -2.38. The number of hydrogen-bond acceptors (Lipinski definition) is 6. The zero-order valence-electron chi connectivity index (χ0n) is 24.8. The number of aromatic nitrogens is 2. The van der Waals surface area contributed by atoms with Gasteiger partial charge in [-0.05, 0) is 56.0 Å². The van der Waals surface area contributed by atoms with Crippen LogP contribution in [0, 0.1) is 11.6 Å². The van der Waals surface area contributed by atoms with Gasteiger partial charge in [-0.1, -0.05) is 12.1 Å². The Hall–Kier alpha value is -4.52. The molecule has 1 N–H and O–H groups in total. The molecule has 11 nitrogen and oxygen atoms in total. The third kappa shape index (κ3) is 6.09. The number of benzene rings is 2. The van der Waals surface area contributed by atoms with E-state index >= 15 is 0 Å². The van der Waals surface area contributed by atoms with Crippen molar-refractivity contribution in [3.8, 4) is 16.9 Å². The topological polar surface area (TPSA) is 115 Å². The van der Waals surface area contributed by atoms with E-state index < -0.39 is 35.5 Å². The summed E-state index contributed by atoms with van der Waals surface area (Å²) in [5, 5.41) is 2.97. The number of halogens is 2. The number of piperidine rings is 1. The number of carbonyl (C=O) groups excluding carboxylic acids is 2. The monoisotopic (exact) mass is 611 g/mol. The number of hydrogen-bond donors (Lipinski definition) is 1. The van der Waals surface area contributed by atoms with Crippen LogP contribution < -0.4 is 21.3 Å². The molecule has 1 fully saturated rings. The number of likely N-dealkylation sites (tertiary alicyclic amines) is 1. The molecule has 0 spiro atoms. The molecular formula is C31H35F2N5O6. The number of fused-ring (bicyclic) bond motifs is 1. The summed E-state index contributed by atoms with van der Waals surface area (Å²) in [6.07, 6.45) is 2.84. The lowest BCUT2D eigenvalue weighted by molar-refractivity contribution is -0.133. The highest BCUT2D eigenvalue weighted by molar-refractivity contribution is 5.91. The van der Waals surface area contributed by atoms with Crippen LogP contribution in [0.15, 0.2) is 52.2 Å². The molecule has 234 valence electrons. The Balaban J connectivity index is 1.32. The molecule has 5 rings (SSSR count). The van der Waals surface area contributed by atoms with Crippen molar-refractivity contribution < 1.29 is 27.8 Å². The van der Waals surface area contributed by atoms with Gasteiger partial charge in [0.1, 0.15) is 12.3 Å². The van der Waals surface area contributed by atoms with Gasteiger partial charge in [0.2, 0.25) is 5.91 Å². The number of urea groups is 1. The Labute approximate surface area is 252 Å². The maximum Gasteiger partial charge on any atom is 0.331 e. The highest BCUT2D eigenvalue weighted by Gasteiger charge is 2.32. The van der Waals surface area contributed by atoms with Crippen molar-refractivity contribution in [3.05, 3.63) is 80.6 Å². The molecule has 0 saturated carbocycles. The van der Waals surface area contributed by atoms with Gasteiger partial charge in [0.15, 0.2) is 11.6 Å². The van der Waals surface area contributed by atoms with Crippen LogP contribution in [0.1, 0.15) is 31.4 Å². The van der Waals surface area contributed by atoms with Crippen LogP contribution in [0.4, 0.5) is 19.3 Å². The predicted octanol–water partition coefficient (Wildman–Crippen LogP) is 3.25. The fourth-order valence-corrected chi connectivity index (χ4v) is 5.91. The molecule has 2 aromatic carbocycles. The number of anilines is 1. The largest absolute Gasteiger partial charge is 0.497 e. The zero-order valence-corrected chi connectivity index (χ0v) is 24.8. The number of rotatable bonds is 8. The fraction of sp³-hybridized carbons (Fsp3) is 0.419. The Morgan fingerprint density at radius 3 is 2.50 bits per heavy atom. The molecule has 0 aliphatic carbocycles. The zero-order chi connectivity index (χ0) is 31.5. The normalized spacial score (nSPS) is 16.2. The van der Waals surface area contributed by atoms with Crippen molar-refractivity contribution in [3.63, 3.8) is 0 Å². The Kier molecular flexibility index (Phi) is 9.14. The molecule has 0 unspecified atom stereocenters. The van der Waals surface area contributed by atoms with Gasteiger partial charge in [-0.3, -0.25) is 18.7 Å². The highest BCUT2D eigenvalue weighted by atomic mass is 19.2. The van der Waals surface area contributed by atoms with Crippen LogP contribution in [0.3, 0.4) is 0 Å². The minimum Gasteiger partial charge on any atom is -0.497 e. The van der Waals surface area contributed by atoms with Crippen molar-refractivity contribution in [2.24, 2.45) is 0 Å². The smallest absolute Gasteiger partial charge is 0.331 e. The van der Waals surface area contributed by atoms with E-state index in [0.717, 1.165) is 32.6 Å². The van der Waals surface area contributed by atoms with E-state index in [0.29, 0.717) is 44.6 Å². The number of nitrogens with one attached hydrogen (secondary N) is 1. The van der Waals surface area contributed by atoms with Crippen LogP contribution in [0.2, 0.25) is 0 Å². The van der Waals surface area contributed by atoms with E-state index in [9.17, 15) is 28.0 Å². The van der Waals surface area contributed by atoms with E-state index in [1.54, 1.807) is 29.9 Å². The summed E-state index contributed by atoms with van der Waals surface area (Å²) in [6, 6.07) is 7.96. The number of methoxy groups -OCH3 is 2. The third-order valence-corrected chi connectivity index (χ3v) is 8.28. The van der Waals surface area contributed by atoms with Gasteiger partial charge in [-0.2, -0.15) is 0 Å². The van der Waals surface area contributed by atoms with Crippen molar-refractivity contribution in [1.29, 1.82) is 0 Å². The van der Waals surface area contributed by atoms with Gasteiger partial charge in [0.25, 0.3) is 5.56 Å². The van der Waals surface area contributed by atoms with Crippen LogP contribution in [0.5, 0.6) is 5.75 Å². The van der Waals surface area contributed by atoms with Crippen molar-refractivity contribution in [2.45, 2.75) is 44.8 Å². The molecule has 13 heteroatoms. The van der Waals surface area contributed by atoms with Crippen molar-refractivity contribution in [1.82, 2.24) is 18.9 Å². The minimum atomic E-state index is -1.23. The Morgan fingerprint density at radius 1 is 1.05 bits per heavy atom. The first-order valence-electron chi connectivity index (χ1n) is 14.4. The van der Waals surface area contributed by atoms with E-state index in [2.05, 4.69) is 5.32 Å². The van der Waals surface area contributed by atoms with Crippen LogP contribution in [-0.4, -0.2) is 77.4 Å². The van der Waals surface area contributed by atoms with E-state index in [1.165, 1.54) is 19.2 Å². The SMILES string of the molecule is COC[C@@H](C)n1c(=O)c(-c2cccc(F)c2F)cn(CC(=O)N2CCC(N3CCc4cc(OC)ccc4NC3=O)CC2)c1=O. The van der Waals surface area contributed by atoms with Gasteiger partial charge in [0.05, 0.1) is 25.3 Å². The molecule has 0 bridgehead atoms. The van der Waals surface area contributed by atoms with E-state index in [4.69, 9.17) is 9.47 Å². The van der Waals surface area contributed by atoms with Gasteiger partial charge in [0, 0.05) is 50.2 Å². The quantitative estimate of drug-likeness (QED) is 0.418. The minimum absolute atomic E-state index is 0.00833. The molecule has 1 atom stereocenters. The van der Waals surface area contributed by atoms with Crippen LogP contribution in [-0.2, 0) is 22.5 Å². The molecule has 3 amide bonds. The average Bonchev–Trinajstić information content (AvgIpc) is 3.17. The van der Waals surface area contributed by atoms with E-state index in [-0.39, 0.29) is 35.7 Å². The van der Waals surface area contributed by atoms with Gasteiger partial charge < -0.3 is 24.6 Å². The first-order chi connectivity index (χ1) is 21.1. The molecule has 2 aliphatic heterocycles. The summed E-state index contributed by atoms with van der Waals surface area (Å²) >= 11 is 0. The average molecular weight is 612 g/mol. The highest BCUT2D eigenvalue weighted by Crippen LogP contribution is 2.28. The number of carbonyl (C=O) groups is 2. The first kappa shape index (κ1) is 30.9. The van der Waals surface area contributed by atoms with Gasteiger partial charge in [-0.15, -0.1) is 0 Å². The molecule has 2 aliphatic rings. The second-order valence-electron chi connectivity index (χ2n) is 11.0. The molecular weight excluding hydrogens is 576 g/mol. The standard InChI is InChI=1S/C31H35F2N5O6/c1-19(18-43-2)38-29(40)24(23-5-4-6-25(32)28(23)33)16-36(31(38)42)17-27(39)35-12-10-21(11-13-35)37-14-9-20-15-22(44-3)7-8-26(20)34-30(37)41/h4-8,15-16,19,21H,9-14,17-18H2,1-3H3,(H,34,41)/t19-/m1/s1. The summed E-state index contributed by atoms with van der Waals surface area (Å²) in [5.41, 5.74) is -0.411. The van der Waals surface area contributed by atoms with Crippen molar-refractivity contribution in [2.75, 3.05) is 45.8 Å². The summed E-state index contributed by atoms with van der Waals surface area (Å²) in [7, 11) is 3.00. The van der Waals surface area contributed by atoms with Crippen LogP contribution in [0.25, 0.3) is 11.1 Å². The number of nitrogens with zero attached hydrogens (tertiary/aromatic N) is 4. The second-order valence-corrected chi connectivity index (χ2v) is 11.0. The second kappa shape index (κ2) is 13.0. The molecule has 0 radical (unpaired) electrons. The molecule has 3 aromatic rings. The summed E-state index contributed by atoms with van der Waals surface area (Å²) < 4.78 is 41.2. The lowest BCUT2D eigenvalue weighted by Crippen LogP contribution is -2.51. The molecule has 1 aromatic heterocycles. The number of amides is 3. The maximum atomic E-state index is 14.7. The lowest BCUT2D eigenvalue weighted by atomic mass is 10.0. The van der Waals surface area contributed by atoms with Crippen molar-refractivity contribution >= 4 is 17.6 Å². The first-order valence-corrected chi connectivity index (χ1v) is 14.4.